The molecule has 1 fully saturated rings. The number of carbonyl (C=O) groups excluding carboxylic acids is 1. The maximum atomic E-state index is 10.8. The summed E-state index contributed by atoms with van der Waals surface area (Å²) in [6.07, 6.45) is -5.88. The molecule has 0 radical (unpaired) electrons. The summed E-state index contributed by atoms with van der Waals surface area (Å²) in [6, 6.07) is 6.96. The number of aliphatic hydroxyl groups excluding tert-OH is 4. The van der Waals surface area contributed by atoms with E-state index in [9.17, 15) is 20.1 Å². The minimum absolute atomic E-state index is 0.0856. The third-order valence-electron chi connectivity index (χ3n) is 3.81. The van der Waals surface area contributed by atoms with Gasteiger partial charge in [-0.15, -0.1) is 0 Å². The predicted molar refractivity (Wildman–Crippen MR) is 83.2 cm³/mol. The molecule has 1 aromatic carbocycles. The summed E-state index contributed by atoms with van der Waals surface area (Å²) >= 11 is 0. The number of hydrogen-bond donors (Lipinski definition) is 5. The number of nitrogens with one attached hydrogen (secondary N) is 1. The number of benzene rings is 1. The minimum atomic E-state index is -1.47. The lowest BCUT2D eigenvalue weighted by Crippen LogP contribution is -2.60. The molecule has 0 bridgehead atoms. The van der Waals surface area contributed by atoms with E-state index in [2.05, 4.69) is 5.32 Å². The number of hydrogen-bond acceptors (Lipinski definition) is 7. The molecule has 1 amide bonds. The monoisotopic (exact) mass is 341 g/mol. The van der Waals surface area contributed by atoms with E-state index in [-0.39, 0.29) is 5.91 Å². The summed E-state index contributed by atoms with van der Waals surface area (Å²) in [5, 5.41) is 41.2. The van der Waals surface area contributed by atoms with Crippen molar-refractivity contribution in [3.63, 3.8) is 0 Å². The van der Waals surface area contributed by atoms with Gasteiger partial charge < -0.3 is 35.2 Å². The lowest BCUT2D eigenvalue weighted by atomic mass is 9.99. The summed E-state index contributed by atoms with van der Waals surface area (Å²) < 4.78 is 10.8. The second kappa shape index (κ2) is 8.41. The highest BCUT2D eigenvalue weighted by Crippen LogP contribution is 2.24. The highest BCUT2D eigenvalue weighted by atomic mass is 16.7. The van der Waals surface area contributed by atoms with Crippen LogP contribution in [0, 0.1) is 0 Å². The normalized spacial score (nSPS) is 30.0. The zero-order chi connectivity index (χ0) is 17.7. The number of ether oxygens (including phenoxy) is 2. The molecule has 0 aromatic heterocycles. The van der Waals surface area contributed by atoms with Crippen molar-refractivity contribution in [2.45, 2.75) is 44.1 Å². The van der Waals surface area contributed by atoms with Crippen molar-refractivity contribution >= 4 is 5.91 Å². The van der Waals surface area contributed by atoms with Gasteiger partial charge in [-0.3, -0.25) is 4.79 Å². The van der Waals surface area contributed by atoms with Crippen molar-refractivity contribution < 1.29 is 34.7 Å². The molecule has 1 aliphatic heterocycles. The van der Waals surface area contributed by atoms with E-state index in [1.807, 2.05) is 0 Å². The SMILES string of the molecule is CC(=O)NCCc1ccc(O[C@@H]2O[C@H](CO)[C@@H](O)[C@H](O)[C@H]2O)cc1. The lowest BCUT2D eigenvalue weighted by molar-refractivity contribution is -0.277. The first kappa shape index (κ1) is 18.6. The Morgan fingerprint density at radius 1 is 1.17 bits per heavy atom. The van der Waals surface area contributed by atoms with Crippen LogP contribution in [0.5, 0.6) is 5.75 Å². The summed E-state index contributed by atoms with van der Waals surface area (Å²) in [5.41, 5.74) is 0.991. The van der Waals surface area contributed by atoms with Crippen molar-refractivity contribution in [2.24, 2.45) is 0 Å². The molecule has 0 unspecified atom stereocenters. The molecule has 2 rings (SSSR count). The predicted octanol–water partition coefficient (Wildman–Crippen LogP) is -1.46. The van der Waals surface area contributed by atoms with Crippen LogP contribution in [0.3, 0.4) is 0 Å². The molecule has 1 saturated heterocycles. The van der Waals surface area contributed by atoms with Crippen LogP contribution >= 0.6 is 0 Å². The van der Waals surface area contributed by atoms with Gasteiger partial charge in [-0.1, -0.05) is 12.1 Å². The lowest BCUT2D eigenvalue weighted by Gasteiger charge is -2.39. The average molecular weight is 341 g/mol. The minimum Gasteiger partial charge on any atom is -0.462 e. The van der Waals surface area contributed by atoms with Crippen LogP contribution in [0.4, 0.5) is 0 Å². The van der Waals surface area contributed by atoms with Crippen LogP contribution in [0.2, 0.25) is 0 Å². The Balaban J connectivity index is 1.93. The van der Waals surface area contributed by atoms with Crippen LogP contribution in [0.25, 0.3) is 0 Å². The standard InChI is InChI=1S/C16H23NO7/c1-9(19)17-7-6-10-2-4-11(5-3-10)23-16-15(22)14(21)13(20)12(8-18)24-16/h2-5,12-16,18,20-22H,6-8H2,1H3,(H,17,19)/t12-,13-,14+,15-,16-/m1/s1. The molecule has 8 heteroatoms. The molecular formula is C16H23NO7. The van der Waals surface area contributed by atoms with E-state index in [1.54, 1.807) is 24.3 Å². The highest BCUT2D eigenvalue weighted by Gasteiger charge is 2.44. The molecule has 5 N–H and O–H groups in total. The topological polar surface area (TPSA) is 128 Å². The van der Waals surface area contributed by atoms with Gasteiger partial charge in [0.05, 0.1) is 6.61 Å². The molecule has 1 aromatic rings. The summed E-state index contributed by atoms with van der Waals surface area (Å²) in [6.45, 7) is 1.48. The van der Waals surface area contributed by atoms with Crippen LogP contribution in [0.15, 0.2) is 24.3 Å². The highest BCUT2D eigenvalue weighted by molar-refractivity contribution is 5.72. The van der Waals surface area contributed by atoms with Gasteiger partial charge in [0.15, 0.2) is 0 Å². The third-order valence-corrected chi connectivity index (χ3v) is 3.81. The molecule has 0 aliphatic carbocycles. The maximum absolute atomic E-state index is 10.8. The first-order valence-corrected chi connectivity index (χ1v) is 7.73. The Morgan fingerprint density at radius 3 is 2.42 bits per heavy atom. The van der Waals surface area contributed by atoms with Gasteiger partial charge in [0.1, 0.15) is 30.2 Å². The van der Waals surface area contributed by atoms with Crippen molar-refractivity contribution in [3.05, 3.63) is 29.8 Å². The average Bonchev–Trinajstić information content (AvgIpc) is 2.56. The Morgan fingerprint density at radius 2 is 1.83 bits per heavy atom. The van der Waals surface area contributed by atoms with Gasteiger partial charge in [-0.05, 0) is 24.1 Å². The van der Waals surface area contributed by atoms with Crippen LogP contribution in [0.1, 0.15) is 12.5 Å². The number of carbonyl (C=O) groups is 1. The molecule has 24 heavy (non-hydrogen) atoms. The van der Waals surface area contributed by atoms with E-state index >= 15 is 0 Å². The summed E-state index contributed by atoms with van der Waals surface area (Å²) in [4.78, 5) is 10.8. The fourth-order valence-corrected chi connectivity index (χ4v) is 2.42. The fraction of sp³-hybridized carbons (Fsp3) is 0.562. The van der Waals surface area contributed by atoms with Crippen LogP contribution < -0.4 is 10.1 Å². The van der Waals surface area contributed by atoms with Crippen molar-refractivity contribution in [2.75, 3.05) is 13.2 Å². The summed E-state index contributed by atoms with van der Waals surface area (Å²) in [5.74, 6) is 0.320. The first-order chi connectivity index (χ1) is 11.4. The zero-order valence-corrected chi connectivity index (χ0v) is 13.3. The Kier molecular flexibility index (Phi) is 6.52. The van der Waals surface area contributed by atoms with E-state index in [1.165, 1.54) is 6.92 Å². The molecule has 134 valence electrons. The molecule has 0 saturated carbocycles. The number of rotatable bonds is 6. The van der Waals surface area contributed by atoms with Gasteiger partial charge in [0.25, 0.3) is 0 Å². The number of aliphatic hydroxyl groups is 4. The van der Waals surface area contributed by atoms with Gasteiger partial charge in [0.2, 0.25) is 12.2 Å². The van der Waals surface area contributed by atoms with E-state index < -0.39 is 37.3 Å². The second-order valence-electron chi connectivity index (χ2n) is 5.69. The van der Waals surface area contributed by atoms with Crippen LogP contribution in [-0.4, -0.2) is 70.2 Å². The second-order valence-corrected chi connectivity index (χ2v) is 5.69. The quantitative estimate of drug-likeness (QED) is 0.428. The Bertz CT molecular complexity index is 534. The maximum Gasteiger partial charge on any atom is 0.229 e. The van der Waals surface area contributed by atoms with E-state index in [0.29, 0.717) is 18.7 Å². The van der Waals surface area contributed by atoms with Gasteiger partial charge in [-0.25, -0.2) is 0 Å². The fourth-order valence-electron chi connectivity index (χ4n) is 2.42. The van der Waals surface area contributed by atoms with E-state index in [4.69, 9.17) is 14.6 Å². The van der Waals surface area contributed by atoms with Crippen molar-refractivity contribution in [3.8, 4) is 5.75 Å². The van der Waals surface area contributed by atoms with Gasteiger partial charge in [-0.2, -0.15) is 0 Å². The van der Waals surface area contributed by atoms with Crippen molar-refractivity contribution in [1.82, 2.24) is 5.32 Å². The number of amides is 1. The molecule has 0 spiro atoms. The zero-order valence-electron chi connectivity index (χ0n) is 13.3. The third kappa shape index (κ3) is 4.65. The van der Waals surface area contributed by atoms with Gasteiger partial charge >= 0.3 is 0 Å². The largest absolute Gasteiger partial charge is 0.462 e. The molecule has 8 nitrogen and oxygen atoms in total. The smallest absolute Gasteiger partial charge is 0.229 e. The Hall–Kier alpha value is -1.71. The Labute approximate surface area is 139 Å². The molecule has 1 aliphatic rings. The van der Waals surface area contributed by atoms with Crippen molar-refractivity contribution in [1.29, 1.82) is 0 Å². The first-order valence-electron chi connectivity index (χ1n) is 7.73. The molecular weight excluding hydrogens is 318 g/mol. The van der Waals surface area contributed by atoms with E-state index in [0.717, 1.165) is 5.56 Å². The van der Waals surface area contributed by atoms with Crippen LogP contribution in [-0.2, 0) is 16.0 Å². The molecule has 5 atom stereocenters. The summed E-state index contributed by atoms with van der Waals surface area (Å²) in [7, 11) is 0. The molecule has 1 heterocycles. The van der Waals surface area contributed by atoms with Gasteiger partial charge in [0, 0.05) is 13.5 Å².